The molecule has 0 unspecified atom stereocenters. The highest BCUT2D eigenvalue weighted by atomic mass is 127. The fourth-order valence-electron chi connectivity index (χ4n) is 2.44. The van der Waals surface area contributed by atoms with Gasteiger partial charge < -0.3 is 0 Å². The Hall–Kier alpha value is -1.91. The van der Waals surface area contributed by atoms with Crippen LogP contribution in [0.25, 0.3) is 0 Å². The first-order valence-electron chi connectivity index (χ1n) is 8.52. The van der Waals surface area contributed by atoms with Crippen molar-refractivity contribution in [2.45, 2.75) is 24.9 Å². The van der Waals surface area contributed by atoms with E-state index in [0.717, 1.165) is 36.5 Å². The van der Waals surface area contributed by atoms with Gasteiger partial charge in [-0.1, -0.05) is 41.5 Å². The summed E-state index contributed by atoms with van der Waals surface area (Å²) in [5, 5.41) is 0. The number of hydrogen-bond donors (Lipinski definition) is 0. The second-order valence-electron chi connectivity index (χ2n) is 6.38. The van der Waals surface area contributed by atoms with Crippen molar-refractivity contribution in [2.75, 3.05) is 0 Å². The molecule has 0 spiro atoms. The van der Waals surface area contributed by atoms with Crippen molar-refractivity contribution in [3.8, 4) is 0 Å². The van der Waals surface area contributed by atoms with Crippen LogP contribution in [0, 0.1) is 21.0 Å². The Balaban J connectivity index is 2.03. The molecule has 0 N–H and O–H groups in total. The molecule has 29 heavy (non-hydrogen) atoms. The Morgan fingerprint density at radius 3 is 1.72 bits per heavy atom. The predicted octanol–water partition coefficient (Wildman–Crippen LogP) is 2.31. The first kappa shape index (κ1) is 21.8. The molecule has 0 saturated carbocycles. The highest BCUT2D eigenvalue weighted by molar-refractivity contribution is 7.86. The smallest absolute Gasteiger partial charge is 0.190 e. The summed E-state index contributed by atoms with van der Waals surface area (Å²) >= 11 is -2.93. The maximum absolute atomic E-state index is 13.0. The first-order valence-corrected chi connectivity index (χ1v) is 13.0. The second kappa shape index (κ2) is 8.45. The Morgan fingerprint density at radius 1 is 0.793 bits per heavy atom. The van der Waals surface area contributed by atoms with Crippen LogP contribution in [0.2, 0.25) is 0 Å². The molecule has 0 amide bonds. The molecule has 0 aliphatic rings. The average Bonchev–Trinajstić information content (AvgIpc) is 2.67. The van der Waals surface area contributed by atoms with E-state index in [2.05, 4.69) is 0 Å². The van der Waals surface area contributed by atoms with Crippen molar-refractivity contribution < 1.29 is 44.3 Å². The van der Waals surface area contributed by atoms with Gasteiger partial charge in [0.2, 0.25) is 0 Å². The third-order valence-corrected chi connectivity index (χ3v) is 11.3. The molecular weight excluding hydrogens is 516 g/mol. The van der Waals surface area contributed by atoms with Gasteiger partial charge in [0, 0.05) is 0 Å². The maximum atomic E-state index is 13.0. The third kappa shape index (κ3) is 5.37. The monoisotopic (exact) mass is 534 g/mol. The van der Waals surface area contributed by atoms with Gasteiger partial charge in [-0.15, -0.1) is 0 Å². The molecule has 8 heteroatoms. The summed E-state index contributed by atoms with van der Waals surface area (Å²) in [6.45, 7) is 3.82. The molecule has 0 atom stereocenters. The predicted molar refractivity (Wildman–Crippen MR) is 99.5 cm³/mol. The van der Waals surface area contributed by atoms with Crippen molar-refractivity contribution >= 4 is 10.1 Å². The summed E-state index contributed by atoms with van der Waals surface area (Å²) in [5.74, 6) is 0. The van der Waals surface area contributed by atoms with E-state index in [9.17, 15) is 21.6 Å². The Morgan fingerprint density at radius 2 is 1.28 bits per heavy atom. The molecule has 3 nitrogen and oxygen atoms in total. The minimum absolute atomic E-state index is 0.506. The van der Waals surface area contributed by atoms with Gasteiger partial charge in [-0.05, 0) is 58.8 Å². The molecule has 3 rings (SSSR count). The topological polar surface area (TPSA) is 43.4 Å². The molecule has 0 bridgehead atoms. The summed E-state index contributed by atoms with van der Waals surface area (Å²) < 4.78 is 71.8. The van der Waals surface area contributed by atoms with E-state index in [0.29, 0.717) is 6.07 Å². The highest BCUT2D eigenvalue weighted by Gasteiger charge is 2.39. The van der Waals surface area contributed by atoms with Gasteiger partial charge in [-0.25, -0.2) is 0 Å². The molecule has 3 aromatic carbocycles. The van der Waals surface area contributed by atoms with E-state index in [4.69, 9.17) is 2.51 Å². The quantitative estimate of drug-likeness (QED) is 0.473. The molecule has 0 fully saturated rings. The average molecular weight is 534 g/mol. The van der Waals surface area contributed by atoms with Crippen LogP contribution in [0.4, 0.5) is 13.2 Å². The van der Waals surface area contributed by atoms with Crippen LogP contribution < -0.4 is 20.2 Å². The molecule has 1 radical (unpaired) electrons. The van der Waals surface area contributed by atoms with Crippen molar-refractivity contribution in [3.05, 3.63) is 96.6 Å². The van der Waals surface area contributed by atoms with Crippen molar-refractivity contribution in [1.82, 2.24) is 0 Å². The van der Waals surface area contributed by atoms with Crippen LogP contribution >= 0.6 is 0 Å². The SMILES string of the molecule is Cc1ccc([I+](OS(=O)(=O)c2cccc(C(F)(F)F)c2)c2ccc(C)cc2)cc1. The zero-order valence-electron chi connectivity index (χ0n) is 15.6. The molecule has 3 aromatic rings. The molecule has 0 saturated heterocycles. The van der Waals surface area contributed by atoms with Crippen LogP contribution in [0.1, 0.15) is 16.7 Å². The van der Waals surface area contributed by atoms with Crippen LogP contribution in [-0.4, -0.2) is 8.42 Å². The number of hydrogen-bond acceptors (Lipinski definition) is 3. The van der Waals surface area contributed by atoms with Crippen molar-refractivity contribution in [3.63, 3.8) is 0 Å². The summed E-state index contributed by atoms with van der Waals surface area (Å²) in [6, 6.07) is 18.3. The van der Waals surface area contributed by atoms with E-state index < -0.39 is 47.0 Å². The first-order chi connectivity index (χ1) is 13.6. The van der Waals surface area contributed by atoms with Gasteiger partial charge in [-0.2, -0.15) is 21.6 Å². The lowest BCUT2D eigenvalue weighted by Crippen LogP contribution is -3.85. The number of aryl methyl sites for hydroxylation is 2. The van der Waals surface area contributed by atoms with Gasteiger partial charge in [0.1, 0.15) is 0 Å². The fourth-order valence-corrected chi connectivity index (χ4v) is 9.38. The molecular formula is C21H18F3IO3S+. The number of rotatable bonds is 5. The van der Waals surface area contributed by atoms with E-state index >= 15 is 0 Å². The van der Waals surface area contributed by atoms with E-state index in [1.807, 2.05) is 62.4 Å². The normalized spacial score (nSPS) is 12.3. The number of halogens is 4. The standard InChI is InChI=1S/C21H18F3IO3S/c1-15-6-10-18(11-7-15)25(19-12-8-16(2)9-13-19)28-29(26,27)20-5-3-4-17(14-20)21(22,23)24/h3-14H,1-2H3/q+1. The lowest BCUT2D eigenvalue weighted by molar-refractivity contribution is -1.03. The van der Waals surface area contributed by atoms with E-state index in [1.54, 1.807) is 0 Å². The van der Waals surface area contributed by atoms with Gasteiger partial charge >= 0.3 is 36.5 Å². The summed E-state index contributed by atoms with van der Waals surface area (Å²) in [5.41, 5.74) is 0.983. The van der Waals surface area contributed by atoms with Gasteiger partial charge in [0.25, 0.3) is 0 Å². The maximum Gasteiger partial charge on any atom is 0.416 e. The van der Waals surface area contributed by atoms with Crippen LogP contribution in [0.5, 0.6) is 0 Å². The minimum atomic E-state index is -4.64. The van der Waals surface area contributed by atoms with Crippen molar-refractivity contribution in [1.29, 1.82) is 0 Å². The Labute approximate surface area is 175 Å². The minimum Gasteiger partial charge on any atom is -0.190 e. The highest BCUT2D eigenvalue weighted by Crippen LogP contribution is 2.30. The van der Waals surface area contributed by atoms with Crippen LogP contribution in [0.15, 0.2) is 77.7 Å². The van der Waals surface area contributed by atoms with Gasteiger partial charge in [0.15, 0.2) is 7.14 Å². The largest absolute Gasteiger partial charge is 0.416 e. The lowest BCUT2D eigenvalue weighted by atomic mass is 10.2. The molecule has 0 aromatic heterocycles. The van der Waals surface area contributed by atoms with Crippen molar-refractivity contribution in [2.24, 2.45) is 0 Å². The molecule has 0 aliphatic heterocycles. The second-order valence-corrected chi connectivity index (χ2v) is 12.9. The Kier molecular flexibility index (Phi) is 6.35. The summed E-state index contributed by atoms with van der Waals surface area (Å²) in [7, 11) is -4.39. The third-order valence-electron chi connectivity index (χ3n) is 4.01. The number of alkyl halides is 3. The van der Waals surface area contributed by atoms with E-state index in [1.165, 1.54) is 0 Å². The van der Waals surface area contributed by atoms with Gasteiger partial charge in [0.05, 0.1) is 10.5 Å². The molecule has 153 valence electrons. The van der Waals surface area contributed by atoms with Crippen LogP contribution in [0.3, 0.4) is 0 Å². The molecule has 0 heterocycles. The van der Waals surface area contributed by atoms with Gasteiger partial charge in [-0.3, -0.25) is 0 Å². The summed E-state index contributed by atoms with van der Waals surface area (Å²) in [4.78, 5) is -0.506. The molecule has 0 aliphatic carbocycles. The van der Waals surface area contributed by atoms with Crippen LogP contribution in [-0.2, 0) is 18.8 Å². The summed E-state index contributed by atoms with van der Waals surface area (Å²) in [6.07, 6.45) is -4.64. The lowest BCUT2D eigenvalue weighted by Gasteiger charge is -2.09. The zero-order valence-corrected chi connectivity index (χ0v) is 18.5. The number of benzene rings is 3. The zero-order chi connectivity index (χ0) is 21.2. The fraction of sp³-hybridized carbons (Fsp3) is 0.143. The Bertz CT molecular complexity index is 1050. The van der Waals surface area contributed by atoms with E-state index in [-0.39, 0.29) is 0 Å².